The van der Waals surface area contributed by atoms with Crippen molar-refractivity contribution in [1.29, 1.82) is 0 Å². The molecule has 1 aromatic rings. The van der Waals surface area contributed by atoms with Gasteiger partial charge in [-0.2, -0.15) is 0 Å². The second-order valence-corrected chi connectivity index (χ2v) is 4.46. The number of nitrogens with one attached hydrogen (secondary N) is 1. The molecule has 0 heterocycles. The summed E-state index contributed by atoms with van der Waals surface area (Å²) in [7, 11) is 0. The molecule has 0 aliphatic heterocycles. The third-order valence-electron chi connectivity index (χ3n) is 3.14. The largest absolute Gasteiger partial charge is 0.395 e. The van der Waals surface area contributed by atoms with E-state index < -0.39 is 0 Å². The molecular weight excluding hydrogens is 186 g/mol. The summed E-state index contributed by atoms with van der Waals surface area (Å²) in [5, 5.41) is 12.5. The predicted molar refractivity (Wildman–Crippen MR) is 61.9 cm³/mol. The lowest BCUT2D eigenvalue weighted by atomic mass is 9.88. The van der Waals surface area contributed by atoms with E-state index in [0.29, 0.717) is 6.04 Å². The molecule has 1 aliphatic rings. The topological polar surface area (TPSA) is 32.3 Å². The summed E-state index contributed by atoms with van der Waals surface area (Å²) in [6.07, 6.45) is 3.44. The molecule has 0 spiro atoms. The van der Waals surface area contributed by atoms with Gasteiger partial charge < -0.3 is 10.4 Å². The van der Waals surface area contributed by atoms with Gasteiger partial charge in [-0.25, -0.2) is 0 Å². The Hall–Kier alpha value is -0.860. The maximum absolute atomic E-state index is 9.00. The fourth-order valence-corrected chi connectivity index (χ4v) is 2.30. The lowest BCUT2D eigenvalue weighted by molar-refractivity contribution is 0.236. The molecule has 1 aromatic carbocycles. The van der Waals surface area contributed by atoms with Crippen molar-refractivity contribution in [2.75, 3.05) is 6.61 Å². The molecule has 0 saturated heterocycles. The van der Waals surface area contributed by atoms with Crippen molar-refractivity contribution >= 4 is 0 Å². The second kappa shape index (κ2) is 4.77. The van der Waals surface area contributed by atoms with Crippen LogP contribution >= 0.6 is 0 Å². The summed E-state index contributed by atoms with van der Waals surface area (Å²) in [5.41, 5.74) is 2.96. The summed E-state index contributed by atoms with van der Waals surface area (Å²) in [5.74, 6) is 0. The normalized spacial score (nSPS) is 22.1. The highest BCUT2D eigenvalue weighted by atomic mass is 16.3. The number of benzene rings is 1. The minimum Gasteiger partial charge on any atom is -0.395 e. The molecule has 2 atom stereocenters. The smallest absolute Gasteiger partial charge is 0.0582 e. The molecule has 0 radical (unpaired) electrons. The molecule has 0 fully saturated rings. The van der Waals surface area contributed by atoms with Gasteiger partial charge in [0.25, 0.3) is 0 Å². The van der Waals surface area contributed by atoms with Crippen LogP contribution in [0.25, 0.3) is 0 Å². The van der Waals surface area contributed by atoms with E-state index in [1.165, 1.54) is 17.5 Å². The van der Waals surface area contributed by atoms with Gasteiger partial charge in [0.15, 0.2) is 0 Å². The molecule has 15 heavy (non-hydrogen) atoms. The standard InChI is InChI=1S/C13H19NO/c1-10(9-15)14-13-7-6-11-4-2-3-5-12(11)8-13/h2-5,10,13-15H,6-9H2,1H3/t10-,13?/m0/s1. The van der Waals surface area contributed by atoms with E-state index in [4.69, 9.17) is 5.11 Å². The zero-order chi connectivity index (χ0) is 10.7. The fourth-order valence-electron chi connectivity index (χ4n) is 2.30. The van der Waals surface area contributed by atoms with E-state index in [0.717, 1.165) is 12.8 Å². The fraction of sp³-hybridized carbons (Fsp3) is 0.538. The van der Waals surface area contributed by atoms with E-state index in [2.05, 4.69) is 29.6 Å². The first-order valence-corrected chi connectivity index (χ1v) is 5.73. The highest BCUT2D eigenvalue weighted by Gasteiger charge is 2.18. The maximum Gasteiger partial charge on any atom is 0.0582 e. The molecule has 0 amide bonds. The maximum atomic E-state index is 9.00. The Bertz CT molecular complexity index is 324. The minimum atomic E-state index is 0.209. The molecule has 2 nitrogen and oxygen atoms in total. The molecule has 0 saturated carbocycles. The Morgan fingerprint density at radius 1 is 1.40 bits per heavy atom. The van der Waals surface area contributed by atoms with Gasteiger partial charge in [0, 0.05) is 12.1 Å². The van der Waals surface area contributed by atoms with Crippen LogP contribution in [0.2, 0.25) is 0 Å². The average Bonchev–Trinajstić information content (AvgIpc) is 2.29. The van der Waals surface area contributed by atoms with E-state index in [1.807, 2.05) is 6.92 Å². The molecular formula is C13H19NO. The molecule has 0 aromatic heterocycles. The number of aryl methyl sites for hydroxylation is 1. The predicted octanol–water partition coefficient (Wildman–Crippen LogP) is 1.51. The van der Waals surface area contributed by atoms with E-state index in [-0.39, 0.29) is 12.6 Å². The molecule has 2 heteroatoms. The summed E-state index contributed by atoms with van der Waals surface area (Å²) in [4.78, 5) is 0. The Kier molecular flexibility index (Phi) is 3.39. The third kappa shape index (κ3) is 2.58. The van der Waals surface area contributed by atoms with Crippen LogP contribution in [-0.2, 0) is 12.8 Å². The number of hydrogen-bond acceptors (Lipinski definition) is 2. The molecule has 1 aliphatic carbocycles. The van der Waals surface area contributed by atoms with Crippen molar-refractivity contribution in [2.45, 2.75) is 38.3 Å². The Balaban J connectivity index is 1.99. The van der Waals surface area contributed by atoms with Crippen LogP contribution in [0, 0.1) is 0 Å². The van der Waals surface area contributed by atoms with Crippen LogP contribution in [0.5, 0.6) is 0 Å². The number of aliphatic hydroxyl groups excluding tert-OH is 1. The van der Waals surface area contributed by atoms with Gasteiger partial charge in [-0.05, 0) is 37.3 Å². The third-order valence-corrected chi connectivity index (χ3v) is 3.14. The van der Waals surface area contributed by atoms with E-state index in [9.17, 15) is 0 Å². The van der Waals surface area contributed by atoms with Gasteiger partial charge in [-0.15, -0.1) is 0 Å². The minimum absolute atomic E-state index is 0.209. The first kappa shape index (κ1) is 10.7. The monoisotopic (exact) mass is 205 g/mol. The number of rotatable bonds is 3. The summed E-state index contributed by atoms with van der Waals surface area (Å²) in [6, 6.07) is 9.40. The van der Waals surface area contributed by atoms with Crippen LogP contribution < -0.4 is 5.32 Å². The molecule has 1 unspecified atom stereocenters. The van der Waals surface area contributed by atoms with Gasteiger partial charge in [0.1, 0.15) is 0 Å². The van der Waals surface area contributed by atoms with Gasteiger partial charge in [-0.3, -0.25) is 0 Å². The van der Waals surface area contributed by atoms with Crippen molar-refractivity contribution in [3.63, 3.8) is 0 Å². The van der Waals surface area contributed by atoms with Crippen molar-refractivity contribution in [2.24, 2.45) is 0 Å². The zero-order valence-corrected chi connectivity index (χ0v) is 9.24. The van der Waals surface area contributed by atoms with Gasteiger partial charge in [-0.1, -0.05) is 24.3 Å². The van der Waals surface area contributed by atoms with E-state index >= 15 is 0 Å². The highest BCUT2D eigenvalue weighted by Crippen LogP contribution is 2.21. The molecule has 0 bridgehead atoms. The van der Waals surface area contributed by atoms with Gasteiger partial charge in [0.05, 0.1) is 6.61 Å². The number of fused-ring (bicyclic) bond motifs is 1. The van der Waals surface area contributed by atoms with Crippen LogP contribution in [0.3, 0.4) is 0 Å². The quantitative estimate of drug-likeness (QED) is 0.784. The summed E-state index contributed by atoms with van der Waals surface area (Å²) >= 11 is 0. The Morgan fingerprint density at radius 3 is 2.87 bits per heavy atom. The SMILES string of the molecule is C[C@@H](CO)NC1CCc2ccccc2C1. The van der Waals surface area contributed by atoms with Crippen LogP contribution in [-0.4, -0.2) is 23.8 Å². The van der Waals surface area contributed by atoms with Gasteiger partial charge >= 0.3 is 0 Å². The summed E-state index contributed by atoms with van der Waals surface area (Å²) in [6.45, 7) is 2.25. The van der Waals surface area contributed by atoms with Crippen molar-refractivity contribution in [3.05, 3.63) is 35.4 Å². The van der Waals surface area contributed by atoms with Crippen molar-refractivity contribution in [3.8, 4) is 0 Å². The van der Waals surface area contributed by atoms with Crippen molar-refractivity contribution < 1.29 is 5.11 Å². The van der Waals surface area contributed by atoms with Crippen LogP contribution in [0.15, 0.2) is 24.3 Å². The summed E-state index contributed by atoms with van der Waals surface area (Å²) < 4.78 is 0. The molecule has 2 N–H and O–H groups in total. The number of aliphatic hydroxyl groups is 1. The second-order valence-electron chi connectivity index (χ2n) is 4.46. The van der Waals surface area contributed by atoms with Gasteiger partial charge in [0.2, 0.25) is 0 Å². The number of hydrogen-bond donors (Lipinski definition) is 2. The Morgan fingerprint density at radius 2 is 2.13 bits per heavy atom. The Labute approximate surface area is 91.3 Å². The van der Waals surface area contributed by atoms with Crippen LogP contribution in [0.1, 0.15) is 24.5 Å². The molecule has 82 valence electrons. The highest BCUT2D eigenvalue weighted by molar-refractivity contribution is 5.30. The first-order chi connectivity index (χ1) is 7.29. The van der Waals surface area contributed by atoms with Crippen molar-refractivity contribution in [1.82, 2.24) is 5.32 Å². The van der Waals surface area contributed by atoms with Crippen LogP contribution in [0.4, 0.5) is 0 Å². The zero-order valence-electron chi connectivity index (χ0n) is 9.24. The lowest BCUT2D eigenvalue weighted by Gasteiger charge is -2.27. The molecule has 2 rings (SSSR count). The average molecular weight is 205 g/mol. The first-order valence-electron chi connectivity index (χ1n) is 5.73. The van der Waals surface area contributed by atoms with E-state index in [1.54, 1.807) is 0 Å². The lowest BCUT2D eigenvalue weighted by Crippen LogP contribution is -2.41.